The number of pyridine rings is 1. The molecule has 0 bridgehead atoms. The molecule has 4 atom stereocenters. The normalized spacial score (nSPS) is 14.0. The molecule has 3 unspecified atom stereocenters. The number of carboxylic acid groups (broad SMARTS) is 1. The van der Waals surface area contributed by atoms with Gasteiger partial charge in [0, 0.05) is 34.7 Å². The Balaban J connectivity index is 1.35. The van der Waals surface area contributed by atoms with Crippen LogP contribution in [0.1, 0.15) is 46.5 Å². The number of rotatable bonds is 15. The summed E-state index contributed by atoms with van der Waals surface area (Å²) in [5.74, 6) is -4.36. The number of ether oxygens (including phenoxy) is 1. The molecule has 2 aromatic heterocycles. The lowest BCUT2D eigenvalue weighted by atomic mass is 9.90. The number of para-hydroxylation sites is 2. The molecule has 5 rings (SSSR count). The van der Waals surface area contributed by atoms with Gasteiger partial charge in [0.2, 0.25) is 5.91 Å². The minimum Gasteiger partial charge on any atom is -0.480 e. The maximum absolute atomic E-state index is 13.9. The van der Waals surface area contributed by atoms with E-state index in [9.17, 15) is 34.0 Å². The van der Waals surface area contributed by atoms with Gasteiger partial charge in [-0.25, -0.2) is 14.6 Å². The summed E-state index contributed by atoms with van der Waals surface area (Å²) in [6, 6.07) is 22.8. The van der Waals surface area contributed by atoms with Crippen molar-refractivity contribution in [3.8, 4) is 0 Å². The van der Waals surface area contributed by atoms with Gasteiger partial charge in [-0.3, -0.25) is 19.7 Å². The monoisotopic (exact) mass is 730 g/mol. The summed E-state index contributed by atoms with van der Waals surface area (Å²) >= 11 is 1.18. The van der Waals surface area contributed by atoms with E-state index in [1.807, 2.05) is 44.2 Å². The maximum atomic E-state index is 13.9. The number of hydrogen-bond acceptors (Lipinski definition) is 9. The molecule has 0 radical (unpaired) electrons. The Morgan fingerprint density at radius 1 is 0.961 bits per heavy atom. The molecular weight excluding hydrogens is 691 g/mol. The third-order valence-corrected chi connectivity index (χ3v) is 10.9. The number of nitrogens with zero attached hydrogens (tertiary/aromatic N) is 2. The Hall–Kier alpha value is -4.97. The van der Waals surface area contributed by atoms with Gasteiger partial charge in [-0.2, -0.15) is 0 Å². The number of nitrogens with one attached hydrogen (secondary N) is 2. The van der Waals surface area contributed by atoms with Gasteiger partial charge < -0.3 is 24.8 Å². The number of hydrogen-bond donors (Lipinski definition) is 4. The molecule has 2 amide bonds. The summed E-state index contributed by atoms with van der Waals surface area (Å²) in [4.78, 5) is 55.9. The summed E-state index contributed by atoms with van der Waals surface area (Å²) in [6.07, 6.45) is 1.61. The fourth-order valence-electron chi connectivity index (χ4n) is 5.79. The van der Waals surface area contributed by atoms with E-state index in [-0.39, 0.29) is 35.6 Å². The number of carbonyl (C=O) groups excluding carboxylic acids is 3. The summed E-state index contributed by atoms with van der Waals surface area (Å²) in [5.41, 5.74) is 5.23. The first-order chi connectivity index (χ1) is 24.4. The third kappa shape index (κ3) is 8.86. The van der Waals surface area contributed by atoms with E-state index in [4.69, 9.17) is 4.74 Å². The number of benzene rings is 3. The van der Waals surface area contributed by atoms with E-state index >= 15 is 0 Å². The highest BCUT2D eigenvalue weighted by Crippen LogP contribution is 2.38. The van der Waals surface area contributed by atoms with E-state index in [0.29, 0.717) is 21.5 Å². The molecule has 0 saturated heterocycles. The molecule has 4 N–H and O–H groups in total. The van der Waals surface area contributed by atoms with Crippen LogP contribution in [-0.4, -0.2) is 67.9 Å². The first-order valence-electron chi connectivity index (χ1n) is 16.2. The van der Waals surface area contributed by atoms with Crippen LogP contribution in [0.4, 0.5) is 0 Å². The number of esters is 1. The van der Waals surface area contributed by atoms with Crippen LogP contribution in [0, 0.1) is 11.8 Å². The molecule has 0 fully saturated rings. The van der Waals surface area contributed by atoms with Crippen LogP contribution in [-0.2, 0) is 25.3 Å². The molecule has 51 heavy (non-hydrogen) atoms. The highest BCUT2D eigenvalue weighted by atomic mass is 32.2. The van der Waals surface area contributed by atoms with Crippen LogP contribution in [0.25, 0.3) is 21.8 Å². The van der Waals surface area contributed by atoms with Crippen molar-refractivity contribution in [3.05, 3.63) is 108 Å². The predicted octanol–water partition coefficient (Wildman–Crippen LogP) is 5.37. The average molecular weight is 731 g/mol. The fourth-order valence-corrected chi connectivity index (χ4v) is 7.67. The van der Waals surface area contributed by atoms with Crippen molar-refractivity contribution in [2.24, 2.45) is 11.8 Å². The van der Waals surface area contributed by atoms with Gasteiger partial charge >= 0.3 is 11.9 Å². The molecule has 0 saturated carbocycles. The lowest BCUT2D eigenvalue weighted by Gasteiger charge is -2.32. The molecule has 3 aromatic carbocycles. The zero-order chi connectivity index (χ0) is 36.7. The number of fused-ring (bicyclic) bond motifs is 2. The molecule has 12 nitrogen and oxygen atoms in total. The van der Waals surface area contributed by atoms with Gasteiger partial charge in [-0.1, -0.05) is 56.3 Å². The van der Waals surface area contributed by atoms with Gasteiger partial charge in [0.25, 0.3) is 5.91 Å². The molecule has 0 aliphatic heterocycles. The number of aromatic nitrogens is 2. The molecule has 0 spiro atoms. The van der Waals surface area contributed by atoms with Crippen LogP contribution in [0.15, 0.2) is 96.2 Å². The van der Waals surface area contributed by atoms with Crippen molar-refractivity contribution in [1.29, 1.82) is 0 Å². The van der Waals surface area contributed by atoms with Gasteiger partial charge in [-0.15, -0.1) is 11.8 Å². The first-order valence-corrected chi connectivity index (χ1v) is 18.2. The largest absolute Gasteiger partial charge is 0.480 e. The standard InChI is InChI=1S/C37H39N4O8PS/c1-22(2)18-28(37(47,50-48)21-51-32-17-16-23-8-4-6-10-29(23)38-32)34(43)39-30(35(44)45)19-26-20-41(31-11-7-5-9-27(26)31)40-33(42)24-12-14-25(15-13-24)36(46)49-3/h4-17,20,22,28,30,47H,18-19,21,50H2,1-3H3,(H,39,43)(H,40,42)(H,44,45)/t28?,30-,37?/m0/s1. The number of aliphatic hydroxyl groups is 1. The van der Waals surface area contributed by atoms with Gasteiger partial charge in [0.15, 0.2) is 0 Å². The quantitative estimate of drug-likeness (QED) is 0.0622. The number of carboxylic acids is 1. The van der Waals surface area contributed by atoms with Crippen molar-refractivity contribution >= 4 is 65.8 Å². The topological polar surface area (TPSA) is 177 Å². The molecule has 14 heteroatoms. The average Bonchev–Trinajstić information content (AvgIpc) is 3.48. The van der Waals surface area contributed by atoms with Gasteiger partial charge in [0.1, 0.15) is 11.4 Å². The van der Waals surface area contributed by atoms with Gasteiger partial charge in [0.05, 0.1) is 43.1 Å². The van der Waals surface area contributed by atoms with E-state index in [2.05, 4.69) is 15.7 Å². The Labute approximate surface area is 299 Å². The summed E-state index contributed by atoms with van der Waals surface area (Å²) in [6.45, 7) is 3.73. The highest BCUT2D eigenvalue weighted by Gasteiger charge is 2.42. The summed E-state index contributed by atoms with van der Waals surface area (Å²) in [7, 11) is -0.598. The number of amides is 2. The molecule has 5 aromatic rings. The second kappa shape index (κ2) is 16.4. The molecule has 0 aliphatic carbocycles. The van der Waals surface area contributed by atoms with Gasteiger partial charge in [-0.05, 0) is 60.4 Å². The van der Waals surface area contributed by atoms with Crippen LogP contribution < -0.4 is 10.7 Å². The third-order valence-electron chi connectivity index (χ3n) is 8.48. The maximum Gasteiger partial charge on any atom is 0.337 e. The first kappa shape index (κ1) is 37.3. The second-order valence-corrected chi connectivity index (χ2v) is 14.8. The Morgan fingerprint density at radius 3 is 2.33 bits per heavy atom. The van der Waals surface area contributed by atoms with Crippen LogP contribution >= 0.6 is 20.2 Å². The van der Waals surface area contributed by atoms with Crippen molar-refractivity contribution in [2.75, 3.05) is 18.3 Å². The fraction of sp³-hybridized carbons (Fsp3) is 0.270. The number of aliphatic carboxylic acids is 1. The molecule has 0 aliphatic rings. The smallest absolute Gasteiger partial charge is 0.337 e. The Bertz CT molecular complexity index is 2090. The van der Waals surface area contributed by atoms with Crippen molar-refractivity contribution in [3.63, 3.8) is 0 Å². The molecule has 2 heterocycles. The lowest BCUT2D eigenvalue weighted by Crippen LogP contribution is -2.51. The van der Waals surface area contributed by atoms with E-state index in [1.54, 1.807) is 36.5 Å². The summed E-state index contributed by atoms with van der Waals surface area (Å²) in [5, 5.41) is 24.8. The van der Waals surface area contributed by atoms with Crippen molar-refractivity contribution < 1.29 is 38.7 Å². The zero-order valence-corrected chi connectivity index (χ0v) is 30.2. The van der Waals surface area contributed by atoms with Crippen molar-refractivity contribution in [1.82, 2.24) is 15.0 Å². The summed E-state index contributed by atoms with van der Waals surface area (Å²) < 4.78 is 18.8. The second-order valence-electron chi connectivity index (χ2n) is 12.6. The van der Waals surface area contributed by atoms with Crippen LogP contribution in [0.2, 0.25) is 0 Å². The lowest BCUT2D eigenvalue weighted by molar-refractivity contribution is -0.143. The Kier molecular flexibility index (Phi) is 12.0. The van der Waals surface area contributed by atoms with E-state index in [0.717, 1.165) is 10.9 Å². The highest BCUT2D eigenvalue weighted by molar-refractivity contribution is 7.99. The minimum atomic E-state index is -1.91. The Morgan fingerprint density at radius 2 is 1.65 bits per heavy atom. The number of carbonyl (C=O) groups is 4. The van der Waals surface area contributed by atoms with E-state index < -0.39 is 49.5 Å². The minimum absolute atomic E-state index is 0.0800. The molecule has 266 valence electrons. The van der Waals surface area contributed by atoms with Crippen LogP contribution in [0.5, 0.6) is 0 Å². The SMILES string of the molecule is COC(=O)c1ccc(C(=O)Nn2cc(C[C@H](NC(=O)C(CC(C)C)C(O)(CSc3ccc4ccccc4n3)[PH2]=O)C(=O)O)c3ccccc32)cc1. The zero-order valence-electron chi connectivity index (χ0n) is 28.2. The van der Waals surface area contributed by atoms with Crippen molar-refractivity contribution in [2.45, 2.75) is 43.1 Å². The predicted molar refractivity (Wildman–Crippen MR) is 197 cm³/mol. The van der Waals surface area contributed by atoms with E-state index in [1.165, 1.54) is 47.8 Å². The number of thioether (sulfide) groups is 1. The van der Waals surface area contributed by atoms with Crippen LogP contribution in [0.3, 0.4) is 0 Å². The number of methoxy groups -OCH3 is 1. The molecular formula is C37H39N4O8PS.